The van der Waals surface area contributed by atoms with Gasteiger partial charge in [-0.1, -0.05) is 13.0 Å². The van der Waals surface area contributed by atoms with E-state index in [1.165, 1.54) is 12.1 Å². The van der Waals surface area contributed by atoms with Gasteiger partial charge in [0.2, 0.25) is 0 Å². The molecule has 0 saturated carbocycles. The number of anilines is 1. The quantitative estimate of drug-likeness (QED) is 0.879. The van der Waals surface area contributed by atoms with E-state index in [9.17, 15) is 9.18 Å². The number of pyridine rings is 1. The number of carboxylic acid groups (broad SMARTS) is 1. The van der Waals surface area contributed by atoms with E-state index in [1.807, 2.05) is 19.1 Å². The van der Waals surface area contributed by atoms with E-state index in [2.05, 4.69) is 10.3 Å². The van der Waals surface area contributed by atoms with Crippen LogP contribution >= 0.6 is 0 Å². The zero-order valence-electron chi connectivity index (χ0n) is 11.1. The van der Waals surface area contributed by atoms with Gasteiger partial charge in [0.25, 0.3) is 0 Å². The first-order valence-corrected chi connectivity index (χ1v) is 6.31. The van der Waals surface area contributed by atoms with Crippen LogP contribution in [0.4, 0.5) is 10.1 Å². The molecular formula is C15H15FN2O2. The first-order chi connectivity index (χ1) is 9.61. The summed E-state index contributed by atoms with van der Waals surface area (Å²) in [6, 6.07) is 7.64. The minimum atomic E-state index is -1.14. The normalized spacial score (nSPS) is 10.3. The van der Waals surface area contributed by atoms with Crippen LogP contribution in [0.15, 0.2) is 36.5 Å². The van der Waals surface area contributed by atoms with E-state index >= 15 is 0 Å². The molecule has 0 spiro atoms. The van der Waals surface area contributed by atoms with Crippen LogP contribution < -0.4 is 5.32 Å². The molecule has 1 aromatic carbocycles. The standard InChI is InChI=1S/C15H15FN2O2/c1-2-10-4-3-7-17-14(10)9-18-13-6-5-11(15(19)20)8-12(13)16/h3-8,18H,2,9H2,1H3,(H,19,20). The Labute approximate surface area is 116 Å². The molecule has 0 unspecified atom stereocenters. The Morgan fingerprint density at radius 3 is 2.85 bits per heavy atom. The van der Waals surface area contributed by atoms with Crippen molar-refractivity contribution in [3.63, 3.8) is 0 Å². The third-order valence-corrected chi connectivity index (χ3v) is 3.03. The van der Waals surface area contributed by atoms with Crippen LogP contribution in [0.1, 0.15) is 28.5 Å². The number of halogens is 1. The van der Waals surface area contributed by atoms with Gasteiger partial charge < -0.3 is 10.4 Å². The maximum Gasteiger partial charge on any atom is 0.335 e. The number of aromatic carboxylic acids is 1. The van der Waals surface area contributed by atoms with Crippen molar-refractivity contribution in [3.8, 4) is 0 Å². The molecule has 0 saturated heterocycles. The summed E-state index contributed by atoms with van der Waals surface area (Å²) in [6.07, 6.45) is 2.55. The largest absolute Gasteiger partial charge is 0.478 e. The Morgan fingerprint density at radius 1 is 1.40 bits per heavy atom. The van der Waals surface area contributed by atoms with E-state index in [0.29, 0.717) is 6.54 Å². The van der Waals surface area contributed by atoms with Crippen molar-refractivity contribution >= 4 is 11.7 Å². The fourth-order valence-corrected chi connectivity index (χ4v) is 1.92. The molecular weight excluding hydrogens is 259 g/mol. The number of hydrogen-bond donors (Lipinski definition) is 2. The Bertz CT molecular complexity index is 629. The molecule has 1 heterocycles. The molecule has 0 fully saturated rings. The lowest BCUT2D eigenvalue weighted by Gasteiger charge is -2.10. The molecule has 0 radical (unpaired) electrons. The highest BCUT2D eigenvalue weighted by Crippen LogP contribution is 2.17. The van der Waals surface area contributed by atoms with E-state index < -0.39 is 11.8 Å². The van der Waals surface area contributed by atoms with Gasteiger partial charge in [-0.05, 0) is 36.2 Å². The Morgan fingerprint density at radius 2 is 2.20 bits per heavy atom. The molecule has 0 aliphatic rings. The molecule has 0 atom stereocenters. The number of aromatic nitrogens is 1. The average molecular weight is 274 g/mol. The molecule has 0 aliphatic carbocycles. The van der Waals surface area contributed by atoms with Crippen molar-refractivity contribution in [1.29, 1.82) is 0 Å². The maximum absolute atomic E-state index is 13.7. The van der Waals surface area contributed by atoms with Gasteiger partial charge in [0, 0.05) is 6.20 Å². The number of hydrogen-bond acceptors (Lipinski definition) is 3. The van der Waals surface area contributed by atoms with Crippen LogP contribution in [0.3, 0.4) is 0 Å². The predicted molar refractivity (Wildman–Crippen MR) is 74.3 cm³/mol. The van der Waals surface area contributed by atoms with Crippen LogP contribution in [-0.2, 0) is 13.0 Å². The summed E-state index contributed by atoms with van der Waals surface area (Å²) in [4.78, 5) is 15.0. The lowest BCUT2D eigenvalue weighted by molar-refractivity contribution is 0.0696. The highest BCUT2D eigenvalue weighted by atomic mass is 19.1. The molecule has 20 heavy (non-hydrogen) atoms. The van der Waals surface area contributed by atoms with Crippen molar-refractivity contribution in [2.45, 2.75) is 19.9 Å². The summed E-state index contributed by atoms with van der Waals surface area (Å²) in [5.74, 6) is -1.73. The summed E-state index contributed by atoms with van der Waals surface area (Å²) in [6.45, 7) is 2.43. The Kier molecular flexibility index (Phi) is 4.30. The predicted octanol–water partition coefficient (Wildman–Crippen LogP) is 3.09. The van der Waals surface area contributed by atoms with Crippen molar-refractivity contribution in [1.82, 2.24) is 4.98 Å². The minimum Gasteiger partial charge on any atom is -0.478 e. The second-order valence-corrected chi connectivity index (χ2v) is 4.32. The first kappa shape index (κ1) is 14.0. The third-order valence-electron chi connectivity index (χ3n) is 3.03. The molecule has 2 N–H and O–H groups in total. The summed E-state index contributed by atoms with van der Waals surface area (Å²) in [5, 5.41) is 11.7. The van der Waals surface area contributed by atoms with Crippen LogP contribution in [-0.4, -0.2) is 16.1 Å². The smallest absolute Gasteiger partial charge is 0.335 e. The number of nitrogens with one attached hydrogen (secondary N) is 1. The maximum atomic E-state index is 13.7. The fraction of sp³-hybridized carbons (Fsp3) is 0.200. The number of carboxylic acids is 1. The number of aryl methyl sites for hydroxylation is 1. The molecule has 4 nitrogen and oxygen atoms in total. The summed E-state index contributed by atoms with van der Waals surface area (Å²) in [7, 11) is 0. The fourth-order valence-electron chi connectivity index (χ4n) is 1.92. The molecule has 0 amide bonds. The van der Waals surface area contributed by atoms with Crippen molar-refractivity contribution in [3.05, 3.63) is 59.2 Å². The third kappa shape index (κ3) is 3.12. The van der Waals surface area contributed by atoms with E-state index in [0.717, 1.165) is 23.7 Å². The van der Waals surface area contributed by atoms with Crippen molar-refractivity contribution in [2.24, 2.45) is 0 Å². The zero-order valence-corrected chi connectivity index (χ0v) is 11.1. The minimum absolute atomic E-state index is 0.0693. The monoisotopic (exact) mass is 274 g/mol. The van der Waals surface area contributed by atoms with Gasteiger partial charge in [0.15, 0.2) is 0 Å². The lowest BCUT2D eigenvalue weighted by Crippen LogP contribution is -2.07. The van der Waals surface area contributed by atoms with E-state index in [-0.39, 0.29) is 11.3 Å². The van der Waals surface area contributed by atoms with E-state index in [4.69, 9.17) is 5.11 Å². The Hall–Kier alpha value is -2.43. The van der Waals surface area contributed by atoms with E-state index in [1.54, 1.807) is 6.20 Å². The number of benzene rings is 1. The van der Waals surface area contributed by atoms with Gasteiger partial charge in [-0.2, -0.15) is 0 Å². The van der Waals surface area contributed by atoms with Gasteiger partial charge in [-0.3, -0.25) is 4.98 Å². The number of nitrogens with zero attached hydrogens (tertiary/aromatic N) is 1. The summed E-state index contributed by atoms with van der Waals surface area (Å²) in [5.41, 5.74) is 2.15. The van der Waals surface area contributed by atoms with Crippen LogP contribution in [0.2, 0.25) is 0 Å². The highest BCUT2D eigenvalue weighted by molar-refractivity contribution is 5.88. The summed E-state index contributed by atoms with van der Waals surface area (Å²) < 4.78 is 13.7. The molecule has 104 valence electrons. The molecule has 0 bridgehead atoms. The van der Waals surface area contributed by atoms with Crippen molar-refractivity contribution in [2.75, 3.05) is 5.32 Å². The second kappa shape index (κ2) is 6.14. The summed E-state index contributed by atoms with van der Waals surface area (Å²) >= 11 is 0. The molecule has 2 rings (SSSR count). The molecule has 0 aliphatic heterocycles. The molecule has 2 aromatic rings. The van der Waals surface area contributed by atoms with Gasteiger partial charge in [-0.25, -0.2) is 9.18 Å². The van der Waals surface area contributed by atoms with Crippen molar-refractivity contribution < 1.29 is 14.3 Å². The SMILES string of the molecule is CCc1cccnc1CNc1ccc(C(=O)O)cc1F. The van der Waals surface area contributed by atoms with Crippen LogP contribution in [0, 0.1) is 5.82 Å². The lowest BCUT2D eigenvalue weighted by atomic mass is 10.1. The van der Waals surface area contributed by atoms with Gasteiger partial charge >= 0.3 is 5.97 Å². The molecule has 5 heteroatoms. The van der Waals surface area contributed by atoms with Gasteiger partial charge in [0.05, 0.1) is 23.5 Å². The average Bonchev–Trinajstić information content (AvgIpc) is 2.46. The van der Waals surface area contributed by atoms with Crippen LogP contribution in [0.5, 0.6) is 0 Å². The van der Waals surface area contributed by atoms with Crippen LogP contribution in [0.25, 0.3) is 0 Å². The Balaban J connectivity index is 2.13. The van der Waals surface area contributed by atoms with Gasteiger partial charge in [-0.15, -0.1) is 0 Å². The van der Waals surface area contributed by atoms with Gasteiger partial charge in [0.1, 0.15) is 5.82 Å². The first-order valence-electron chi connectivity index (χ1n) is 6.31. The second-order valence-electron chi connectivity index (χ2n) is 4.32. The number of rotatable bonds is 5. The highest BCUT2D eigenvalue weighted by Gasteiger charge is 2.09. The topological polar surface area (TPSA) is 62.2 Å². The molecule has 1 aromatic heterocycles. The zero-order chi connectivity index (χ0) is 14.5. The number of carbonyl (C=O) groups is 1.